The number of ether oxygens (including phenoxy) is 1. The van der Waals surface area contributed by atoms with Crippen molar-refractivity contribution < 1.29 is 9.53 Å². The molecule has 0 aliphatic carbocycles. The van der Waals surface area contributed by atoms with Crippen molar-refractivity contribution in [2.75, 3.05) is 7.11 Å². The number of carbonyl (C=O) groups excluding carboxylic acids is 1. The fourth-order valence-electron chi connectivity index (χ4n) is 2.74. The van der Waals surface area contributed by atoms with E-state index < -0.39 is 0 Å². The molecule has 0 unspecified atom stereocenters. The molecule has 25 heavy (non-hydrogen) atoms. The van der Waals surface area contributed by atoms with Crippen molar-refractivity contribution in [2.45, 2.75) is 13.5 Å². The van der Waals surface area contributed by atoms with Gasteiger partial charge in [0.15, 0.2) is 5.78 Å². The van der Waals surface area contributed by atoms with E-state index in [1.54, 1.807) is 16.2 Å². The average molecular weight is 335 g/mol. The van der Waals surface area contributed by atoms with Crippen molar-refractivity contribution in [2.24, 2.45) is 7.05 Å². The molecule has 1 N–H and O–H groups in total. The standard InChI is InChI=1S/C20H21N3O2/c1-14-4-6-16(7-5-14)19(24)13-23-12-18(22(2)20(23)21)15-8-10-17(25-3)11-9-15/h4-12,21H,13H2,1-3H3. The summed E-state index contributed by atoms with van der Waals surface area (Å²) in [4.78, 5) is 12.5. The van der Waals surface area contributed by atoms with Crippen molar-refractivity contribution in [3.63, 3.8) is 0 Å². The Hall–Kier alpha value is -3.08. The van der Waals surface area contributed by atoms with Crippen molar-refractivity contribution in [3.05, 3.63) is 71.5 Å². The number of aryl methyl sites for hydroxylation is 1. The second-order valence-corrected chi connectivity index (χ2v) is 6.04. The molecular weight excluding hydrogens is 314 g/mol. The van der Waals surface area contributed by atoms with Gasteiger partial charge in [0.25, 0.3) is 0 Å². The molecule has 3 aromatic rings. The van der Waals surface area contributed by atoms with Crippen molar-refractivity contribution in [1.82, 2.24) is 9.13 Å². The van der Waals surface area contributed by atoms with Crippen LogP contribution in [0.2, 0.25) is 0 Å². The van der Waals surface area contributed by atoms with Crippen LogP contribution in [-0.2, 0) is 13.6 Å². The number of rotatable bonds is 5. The van der Waals surface area contributed by atoms with Gasteiger partial charge in [-0.2, -0.15) is 0 Å². The van der Waals surface area contributed by atoms with Crippen LogP contribution in [0.25, 0.3) is 11.3 Å². The third kappa shape index (κ3) is 3.40. The number of methoxy groups -OCH3 is 1. The van der Waals surface area contributed by atoms with Crippen LogP contribution in [0.5, 0.6) is 5.75 Å². The number of carbonyl (C=O) groups is 1. The molecule has 0 aliphatic rings. The molecule has 0 saturated heterocycles. The number of benzene rings is 2. The summed E-state index contributed by atoms with van der Waals surface area (Å²) >= 11 is 0. The Morgan fingerprint density at radius 2 is 1.72 bits per heavy atom. The highest BCUT2D eigenvalue weighted by atomic mass is 16.5. The summed E-state index contributed by atoms with van der Waals surface area (Å²) in [6.07, 6.45) is 1.84. The number of nitrogens with one attached hydrogen (secondary N) is 1. The first-order valence-corrected chi connectivity index (χ1v) is 8.04. The Kier molecular flexibility index (Phi) is 4.57. The van der Waals surface area contributed by atoms with Crippen LogP contribution in [0, 0.1) is 12.3 Å². The molecule has 0 fully saturated rings. The minimum atomic E-state index is -0.00891. The van der Waals surface area contributed by atoms with E-state index in [-0.39, 0.29) is 17.9 Å². The van der Waals surface area contributed by atoms with Crippen LogP contribution in [0.4, 0.5) is 0 Å². The minimum Gasteiger partial charge on any atom is -0.497 e. The first-order chi connectivity index (χ1) is 12.0. The van der Waals surface area contributed by atoms with Crippen molar-refractivity contribution in [1.29, 1.82) is 5.41 Å². The number of ketones is 1. The van der Waals surface area contributed by atoms with Gasteiger partial charge in [-0.1, -0.05) is 29.8 Å². The summed E-state index contributed by atoms with van der Waals surface area (Å²) < 4.78 is 8.62. The molecule has 1 heterocycles. The van der Waals surface area contributed by atoms with Crippen LogP contribution in [0.3, 0.4) is 0 Å². The summed E-state index contributed by atoms with van der Waals surface area (Å²) in [6.45, 7) is 2.13. The van der Waals surface area contributed by atoms with Gasteiger partial charge in [0.05, 0.1) is 19.3 Å². The van der Waals surface area contributed by atoms with Crippen LogP contribution in [-0.4, -0.2) is 22.0 Å². The van der Waals surface area contributed by atoms with Gasteiger partial charge in [0.1, 0.15) is 5.75 Å². The monoisotopic (exact) mass is 335 g/mol. The lowest BCUT2D eigenvalue weighted by Crippen LogP contribution is -2.25. The molecule has 3 rings (SSSR count). The highest BCUT2D eigenvalue weighted by Crippen LogP contribution is 2.21. The molecule has 5 heteroatoms. The quantitative estimate of drug-likeness (QED) is 0.728. The summed E-state index contributed by atoms with van der Waals surface area (Å²) in [5, 5.41) is 8.28. The van der Waals surface area contributed by atoms with E-state index in [1.165, 1.54) is 0 Å². The Morgan fingerprint density at radius 3 is 2.32 bits per heavy atom. The third-order valence-electron chi connectivity index (χ3n) is 4.30. The lowest BCUT2D eigenvalue weighted by atomic mass is 10.1. The normalized spacial score (nSPS) is 10.7. The Bertz CT molecular complexity index is 948. The third-order valence-corrected chi connectivity index (χ3v) is 4.30. The SMILES string of the molecule is COc1ccc(-c2cn(CC(=O)c3ccc(C)cc3)c(=N)n2C)cc1. The molecular formula is C20H21N3O2. The number of aromatic nitrogens is 2. The summed E-state index contributed by atoms with van der Waals surface area (Å²) in [6, 6.07) is 15.2. The number of hydrogen-bond acceptors (Lipinski definition) is 3. The number of Topliss-reactive ketones (excluding diaryl/α,β-unsaturated/α-hetero) is 1. The maximum absolute atomic E-state index is 12.5. The first-order valence-electron chi connectivity index (χ1n) is 8.04. The maximum atomic E-state index is 12.5. The Labute approximate surface area is 146 Å². The predicted molar refractivity (Wildman–Crippen MR) is 96.8 cm³/mol. The van der Waals surface area contributed by atoms with Gasteiger partial charge in [-0.05, 0) is 36.8 Å². The number of nitrogens with zero attached hydrogens (tertiary/aromatic N) is 2. The maximum Gasteiger partial charge on any atom is 0.202 e. The molecule has 5 nitrogen and oxygen atoms in total. The van der Waals surface area contributed by atoms with Gasteiger partial charge in [0, 0.05) is 18.8 Å². The summed E-state index contributed by atoms with van der Waals surface area (Å²) in [5.74, 6) is 0.775. The largest absolute Gasteiger partial charge is 0.497 e. The van der Waals surface area contributed by atoms with E-state index >= 15 is 0 Å². The highest BCUT2D eigenvalue weighted by molar-refractivity contribution is 5.95. The van der Waals surface area contributed by atoms with Crippen LogP contribution >= 0.6 is 0 Å². The molecule has 0 saturated carbocycles. The molecule has 0 aliphatic heterocycles. The van der Waals surface area contributed by atoms with Gasteiger partial charge in [-0.3, -0.25) is 10.2 Å². The molecule has 1 aromatic heterocycles. The van der Waals surface area contributed by atoms with Gasteiger partial charge in [0.2, 0.25) is 5.62 Å². The van der Waals surface area contributed by atoms with Gasteiger partial charge in [-0.25, -0.2) is 0 Å². The average Bonchev–Trinajstić information content (AvgIpc) is 2.91. The summed E-state index contributed by atoms with van der Waals surface area (Å²) in [5.41, 5.74) is 3.91. The van der Waals surface area contributed by atoms with E-state index in [1.807, 2.05) is 68.7 Å². The number of imidazole rings is 1. The smallest absolute Gasteiger partial charge is 0.202 e. The van der Waals surface area contributed by atoms with Crippen LogP contribution in [0.15, 0.2) is 54.7 Å². The van der Waals surface area contributed by atoms with Crippen LogP contribution < -0.4 is 10.4 Å². The fraction of sp³-hybridized carbons (Fsp3) is 0.200. The zero-order valence-electron chi connectivity index (χ0n) is 14.6. The van der Waals surface area contributed by atoms with Crippen LogP contribution in [0.1, 0.15) is 15.9 Å². The number of hydrogen-bond donors (Lipinski definition) is 1. The van der Waals surface area contributed by atoms with Gasteiger partial charge in [-0.15, -0.1) is 0 Å². The molecule has 0 radical (unpaired) electrons. The van der Waals surface area contributed by atoms with E-state index in [0.29, 0.717) is 5.56 Å². The second kappa shape index (κ2) is 6.81. The van der Waals surface area contributed by atoms with E-state index in [9.17, 15) is 4.79 Å². The zero-order valence-corrected chi connectivity index (χ0v) is 14.6. The Morgan fingerprint density at radius 1 is 1.08 bits per heavy atom. The molecule has 0 amide bonds. The van der Waals surface area contributed by atoms with Gasteiger partial charge < -0.3 is 13.9 Å². The fourth-order valence-corrected chi connectivity index (χ4v) is 2.74. The predicted octanol–water partition coefficient (Wildman–Crippen LogP) is 3.17. The molecule has 0 bridgehead atoms. The van der Waals surface area contributed by atoms with E-state index in [2.05, 4.69) is 0 Å². The first kappa shape index (κ1) is 16.8. The van der Waals surface area contributed by atoms with E-state index in [4.69, 9.17) is 10.1 Å². The zero-order chi connectivity index (χ0) is 18.0. The molecule has 2 aromatic carbocycles. The summed E-state index contributed by atoms with van der Waals surface area (Å²) in [7, 11) is 3.46. The topological polar surface area (TPSA) is 60.0 Å². The molecule has 0 spiro atoms. The molecule has 0 atom stereocenters. The van der Waals surface area contributed by atoms with Gasteiger partial charge >= 0.3 is 0 Å². The second-order valence-electron chi connectivity index (χ2n) is 6.04. The highest BCUT2D eigenvalue weighted by Gasteiger charge is 2.12. The van der Waals surface area contributed by atoms with E-state index in [0.717, 1.165) is 22.6 Å². The van der Waals surface area contributed by atoms with Crippen molar-refractivity contribution in [3.8, 4) is 17.0 Å². The molecule has 128 valence electrons. The minimum absolute atomic E-state index is 0.00891. The Balaban J connectivity index is 1.89. The lowest BCUT2D eigenvalue weighted by Gasteiger charge is -2.03. The lowest BCUT2D eigenvalue weighted by molar-refractivity contribution is 0.0970. The van der Waals surface area contributed by atoms with Crippen molar-refractivity contribution >= 4 is 5.78 Å².